The number of carbonyl (C=O) groups is 2. The number of hydrogen-bond donors (Lipinski definition) is 2. The second kappa shape index (κ2) is 8.51. The Hall–Kier alpha value is -1.56. The van der Waals surface area contributed by atoms with Gasteiger partial charge in [-0.2, -0.15) is 0 Å². The molecular weight excluding hydrogens is 324 g/mol. The van der Waals surface area contributed by atoms with E-state index in [0.717, 1.165) is 4.88 Å². The number of thiophene rings is 1. The van der Waals surface area contributed by atoms with Gasteiger partial charge in [0, 0.05) is 17.8 Å². The lowest BCUT2D eigenvalue weighted by Gasteiger charge is -2.30. The van der Waals surface area contributed by atoms with Crippen LogP contribution in [0.25, 0.3) is 0 Å². The Morgan fingerprint density at radius 2 is 1.88 bits per heavy atom. The number of rotatable bonds is 6. The smallest absolute Gasteiger partial charge is 0.407 e. The molecule has 0 saturated heterocycles. The van der Waals surface area contributed by atoms with Crippen LogP contribution in [0.3, 0.4) is 0 Å². The lowest BCUT2D eigenvalue weighted by Crippen LogP contribution is -2.37. The zero-order valence-corrected chi connectivity index (χ0v) is 16.4. The molecule has 0 aliphatic heterocycles. The molecule has 1 rings (SSSR count). The highest BCUT2D eigenvalue weighted by Crippen LogP contribution is 2.35. The fourth-order valence-electron chi connectivity index (χ4n) is 2.16. The fourth-order valence-corrected chi connectivity index (χ4v) is 3.18. The van der Waals surface area contributed by atoms with E-state index < -0.39 is 11.7 Å². The van der Waals surface area contributed by atoms with E-state index >= 15 is 0 Å². The Morgan fingerprint density at radius 3 is 2.38 bits per heavy atom. The molecule has 0 saturated carbocycles. The normalized spacial score (nSPS) is 13.2. The highest BCUT2D eigenvalue weighted by atomic mass is 32.1. The van der Waals surface area contributed by atoms with Gasteiger partial charge < -0.3 is 15.4 Å². The minimum Gasteiger partial charge on any atom is -0.444 e. The van der Waals surface area contributed by atoms with E-state index in [1.807, 2.05) is 38.3 Å². The first-order chi connectivity index (χ1) is 11.0. The van der Waals surface area contributed by atoms with E-state index in [4.69, 9.17) is 4.74 Å². The van der Waals surface area contributed by atoms with Crippen LogP contribution in [0.2, 0.25) is 0 Å². The highest BCUT2D eigenvalue weighted by molar-refractivity contribution is 7.10. The third-order valence-electron chi connectivity index (χ3n) is 3.25. The molecule has 6 heteroatoms. The molecule has 2 N–H and O–H groups in total. The summed E-state index contributed by atoms with van der Waals surface area (Å²) in [5.41, 5.74) is -0.572. The van der Waals surface area contributed by atoms with Crippen LogP contribution >= 0.6 is 11.3 Å². The van der Waals surface area contributed by atoms with E-state index in [1.54, 1.807) is 11.3 Å². The molecule has 136 valence electrons. The molecule has 1 unspecified atom stereocenters. The van der Waals surface area contributed by atoms with Gasteiger partial charge in [-0.25, -0.2) is 4.79 Å². The summed E-state index contributed by atoms with van der Waals surface area (Å²) in [7, 11) is 0. The minimum absolute atomic E-state index is 0.00527. The van der Waals surface area contributed by atoms with Crippen LogP contribution in [0, 0.1) is 5.41 Å². The monoisotopic (exact) mass is 354 g/mol. The van der Waals surface area contributed by atoms with Gasteiger partial charge in [-0.3, -0.25) is 4.79 Å². The average Bonchev–Trinajstić information content (AvgIpc) is 2.91. The van der Waals surface area contributed by atoms with Crippen LogP contribution < -0.4 is 10.6 Å². The second-order valence-corrected chi connectivity index (χ2v) is 8.89. The van der Waals surface area contributed by atoms with E-state index in [9.17, 15) is 9.59 Å². The molecule has 0 aliphatic carbocycles. The summed E-state index contributed by atoms with van der Waals surface area (Å²) < 4.78 is 5.15. The van der Waals surface area contributed by atoms with Crippen molar-refractivity contribution in [2.24, 2.45) is 5.41 Å². The first-order valence-electron chi connectivity index (χ1n) is 8.28. The summed E-state index contributed by atoms with van der Waals surface area (Å²) in [5, 5.41) is 7.80. The third kappa shape index (κ3) is 7.81. The van der Waals surface area contributed by atoms with Crippen LogP contribution in [0.15, 0.2) is 17.5 Å². The summed E-state index contributed by atoms with van der Waals surface area (Å²) in [6.45, 7) is 12.2. The summed E-state index contributed by atoms with van der Waals surface area (Å²) in [4.78, 5) is 24.9. The summed E-state index contributed by atoms with van der Waals surface area (Å²) in [6.07, 6.45) is 0.495. The Balaban J connectivity index is 2.38. The van der Waals surface area contributed by atoms with E-state index in [0.29, 0.717) is 19.4 Å². The van der Waals surface area contributed by atoms with Gasteiger partial charge in [-0.15, -0.1) is 11.3 Å². The van der Waals surface area contributed by atoms with Crippen molar-refractivity contribution in [3.63, 3.8) is 0 Å². The van der Waals surface area contributed by atoms with E-state index in [1.165, 1.54) is 0 Å². The Kier molecular flexibility index (Phi) is 7.27. The van der Waals surface area contributed by atoms with Crippen molar-refractivity contribution in [1.29, 1.82) is 0 Å². The van der Waals surface area contributed by atoms with E-state index in [-0.39, 0.29) is 17.4 Å². The van der Waals surface area contributed by atoms with Crippen molar-refractivity contribution in [3.8, 4) is 0 Å². The third-order valence-corrected chi connectivity index (χ3v) is 4.19. The van der Waals surface area contributed by atoms with Crippen molar-refractivity contribution >= 4 is 23.3 Å². The molecule has 5 nitrogen and oxygen atoms in total. The van der Waals surface area contributed by atoms with Crippen LogP contribution in [-0.2, 0) is 9.53 Å². The minimum atomic E-state index is -0.512. The van der Waals surface area contributed by atoms with Gasteiger partial charge in [-0.05, 0) is 44.1 Å². The van der Waals surface area contributed by atoms with Crippen molar-refractivity contribution in [2.45, 2.75) is 66.0 Å². The van der Waals surface area contributed by atoms with Gasteiger partial charge in [-0.1, -0.05) is 26.8 Å². The topological polar surface area (TPSA) is 67.4 Å². The molecule has 0 spiro atoms. The number of amides is 2. The Labute approximate surface area is 149 Å². The Morgan fingerprint density at radius 1 is 1.21 bits per heavy atom. The average molecular weight is 355 g/mol. The lowest BCUT2D eigenvalue weighted by molar-refractivity contribution is -0.122. The number of carbonyl (C=O) groups excluding carboxylic acids is 2. The van der Waals surface area contributed by atoms with Crippen molar-refractivity contribution < 1.29 is 14.3 Å². The molecule has 1 heterocycles. The van der Waals surface area contributed by atoms with Gasteiger partial charge in [0.1, 0.15) is 5.60 Å². The molecule has 1 aromatic heterocycles. The summed E-state index contributed by atoms with van der Waals surface area (Å²) >= 11 is 1.65. The molecule has 0 aliphatic rings. The maximum absolute atomic E-state index is 12.2. The standard InChI is InChI=1S/C18H30N2O3S/c1-17(2,3)15(13-9-8-12-24-13)20-14(21)10-7-11-19-16(22)23-18(4,5)6/h8-9,12,15H,7,10-11H2,1-6H3,(H,19,22)(H,20,21). The predicted molar refractivity (Wildman–Crippen MR) is 98.1 cm³/mol. The number of hydrogen-bond acceptors (Lipinski definition) is 4. The SMILES string of the molecule is CC(C)(C)OC(=O)NCCCC(=O)NC(c1cccs1)C(C)(C)C. The number of alkyl carbamates (subject to hydrolysis) is 1. The summed E-state index contributed by atoms with van der Waals surface area (Å²) in [6, 6.07) is 4.03. The van der Waals surface area contributed by atoms with Gasteiger partial charge in [0.25, 0.3) is 0 Å². The molecule has 1 atom stereocenters. The van der Waals surface area contributed by atoms with Crippen molar-refractivity contribution in [1.82, 2.24) is 10.6 Å². The van der Waals surface area contributed by atoms with Crippen LogP contribution in [0.5, 0.6) is 0 Å². The van der Waals surface area contributed by atoms with Gasteiger partial charge in [0.15, 0.2) is 0 Å². The molecule has 1 aromatic rings. The van der Waals surface area contributed by atoms with Crippen molar-refractivity contribution in [2.75, 3.05) is 6.54 Å². The molecule has 0 fully saturated rings. The van der Waals surface area contributed by atoms with E-state index in [2.05, 4.69) is 31.4 Å². The molecular formula is C18H30N2O3S. The first-order valence-corrected chi connectivity index (χ1v) is 9.16. The second-order valence-electron chi connectivity index (χ2n) is 7.91. The maximum Gasteiger partial charge on any atom is 0.407 e. The van der Waals surface area contributed by atoms with Gasteiger partial charge in [0.05, 0.1) is 6.04 Å². The zero-order valence-electron chi connectivity index (χ0n) is 15.6. The quantitative estimate of drug-likeness (QED) is 0.750. The van der Waals surface area contributed by atoms with Gasteiger partial charge >= 0.3 is 6.09 Å². The maximum atomic E-state index is 12.2. The first kappa shape index (κ1) is 20.5. The largest absolute Gasteiger partial charge is 0.444 e. The predicted octanol–water partition coefficient (Wildman–Crippen LogP) is 4.26. The molecule has 24 heavy (non-hydrogen) atoms. The Bertz CT molecular complexity index is 527. The lowest BCUT2D eigenvalue weighted by atomic mass is 9.85. The van der Waals surface area contributed by atoms with Crippen molar-refractivity contribution in [3.05, 3.63) is 22.4 Å². The van der Waals surface area contributed by atoms with Crippen LogP contribution in [0.1, 0.15) is 65.3 Å². The highest BCUT2D eigenvalue weighted by Gasteiger charge is 2.28. The number of ether oxygens (including phenoxy) is 1. The van der Waals surface area contributed by atoms with Crippen LogP contribution in [-0.4, -0.2) is 24.1 Å². The fraction of sp³-hybridized carbons (Fsp3) is 0.667. The zero-order chi connectivity index (χ0) is 18.4. The summed E-state index contributed by atoms with van der Waals surface area (Å²) in [5.74, 6) is -0.00527. The molecule has 0 bridgehead atoms. The van der Waals surface area contributed by atoms with Crippen LogP contribution in [0.4, 0.5) is 4.79 Å². The number of nitrogens with one attached hydrogen (secondary N) is 2. The molecule has 2 amide bonds. The van der Waals surface area contributed by atoms with Gasteiger partial charge in [0.2, 0.25) is 5.91 Å². The molecule has 0 aromatic carbocycles. The molecule has 0 radical (unpaired) electrons.